The summed E-state index contributed by atoms with van der Waals surface area (Å²) in [5.74, 6) is -1.81. The van der Waals surface area contributed by atoms with Crippen LogP contribution in [0.3, 0.4) is 0 Å². The van der Waals surface area contributed by atoms with Gasteiger partial charge >= 0.3 is 6.09 Å². The van der Waals surface area contributed by atoms with E-state index in [-0.39, 0.29) is 40.0 Å². The number of aromatic nitrogens is 1. The number of ether oxygens (including phenoxy) is 3. The second-order valence-corrected chi connectivity index (χ2v) is 17.6. The first-order valence-electron chi connectivity index (χ1n) is 20.8. The summed E-state index contributed by atoms with van der Waals surface area (Å²) in [4.78, 5) is 40.4. The number of piperidine rings is 1. The first-order chi connectivity index (χ1) is 29.5. The van der Waals surface area contributed by atoms with Gasteiger partial charge in [-0.05, 0) is 104 Å². The van der Waals surface area contributed by atoms with E-state index in [0.717, 1.165) is 30.0 Å². The summed E-state index contributed by atoms with van der Waals surface area (Å²) in [6.07, 6.45) is 7.20. The molecule has 0 spiro atoms. The minimum absolute atomic E-state index is 0.0482. The third kappa shape index (κ3) is 10.9. The number of phenols is 1. The van der Waals surface area contributed by atoms with Gasteiger partial charge in [-0.1, -0.05) is 57.2 Å². The molecule has 0 radical (unpaired) electrons. The number of halogens is 2. The molecule has 0 bridgehead atoms. The Labute approximate surface area is 362 Å². The van der Waals surface area contributed by atoms with Crippen molar-refractivity contribution in [1.82, 2.24) is 15.4 Å². The van der Waals surface area contributed by atoms with Crippen LogP contribution in [0.4, 0.5) is 19.4 Å². The molecule has 2 N–H and O–H groups in total. The maximum absolute atomic E-state index is 17.1. The van der Waals surface area contributed by atoms with Crippen molar-refractivity contribution in [3.05, 3.63) is 101 Å². The number of amides is 2. The van der Waals surface area contributed by atoms with E-state index in [1.165, 1.54) is 37.6 Å². The number of nitrogens with one attached hydrogen (secondary N) is 1. The molecule has 2 atom stereocenters. The van der Waals surface area contributed by atoms with Gasteiger partial charge in [-0.15, -0.1) is 0 Å². The zero-order valence-corrected chi connectivity index (χ0v) is 36.3. The number of aromatic hydroxyl groups is 1. The van der Waals surface area contributed by atoms with Crippen molar-refractivity contribution in [3.8, 4) is 39.8 Å². The van der Waals surface area contributed by atoms with E-state index in [4.69, 9.17) is 19.0 Å². The molecule has 3 heterocycles. The van der Waals surface area contributed by atoms with E-state index in [0.29, 0.717) is 50.1 Å². The molecule has 2 unspecified atom stereocenters. The molecule has 14 heteroatoms. The van der Waals surface area contributed by atoms with Gasteiger partial charge in [0, 0.05) is 55.6 Å². The number of phenolic OH excluding ortho intramolecular Hbond substituents is 1. The van der Waals surface area contributed by atoms with Gasteiger partial charge in [0.05, 0.1) is 18.7 Å². The maximum Gasteiger partial charge on any atom is 0.411 e. The molecule has 0 aliphatic carbocycles. The van der Waals surface area contributed by atoms with Crippen molar-refractivity contribution < 1.29 is 42.5 Å². The number of hydrogen-bond acceptors (Lipinski definition) is 10. The zero-order chi connectivity index (χ0) is 44.8. The molecule has 3 aromatic carbocycles. The van der Waals surface area contributed by atoms with Crippen LogP contribution in [0, 0.1) is 28.4 Å². The first kappa shape index (κ1) is 45.5. The van der Waals surface area contributed by atoms with Crippen LogP contribution in [-0.2, 0) is 19.1 Å². The Kier molecular flexibility index (Phi) is 14.2. The largest absolute Gasteiger partial charge is 0.504 e. The topological polar surface area (TPSA) is 146 Å². The summed E-state index contributed by atoms with van der Waals surface area (Å²) < 4.78 is 48.9. The standard InChI is InChI=1S/C48H55F2N5O7/c1-47(2,3)44(31-14-11-30(12-15-31)13-20-40(57)53-62-41-10-8-9-25-60-41)55(46(58)61-48(4,5)6)35-21-23-54(24-22-35)45-43(50)42(33-16-17-34(28-51)37(49)26-33)36(29-52-45)32-18-19-39(59-7)38(56)27-32/h11-20,26-27,29,35,41,44,56H,8-10,21-25H2,1-7H3,(H,53,57)/b20-13+. The highest BCUT2D eigenvalue weighted by Gasteiger charge is 2.42. The van der Waals surface area contributed by atoms with Crippen LogP contribution < -0.4 is 15.1 Å². The van der Waals surface area contributed by atoms with Crippen molar-refractivity contribution in [2.45, 2.75) is 97.6 Å². The van der Waals surface area contributed by atoms with Crippen molar-refractivity contribution >= 4 is 23.9 Å². The van der Waals surface area contributed by atoms with E-state index >= 15 is 8.78 Å². The Balaban J connectivity index is 1.27. The number of rotatable bonds is 11. The molecule has 62 heavy (non-hydrogen) atoms. The molecule has 328 valence electrons. The molecule has 4 aromatic rings. The lowest BCUT2D eigenvalue weighted by molar-refractivity contribution is -0.198. The fourth-order valence-corrected chi connectivity index (χ4v) is 7.95. The van der Waals surface area contributed by atoms with E-state index in [1.54, 1.807) is 24.3 Å². The number of methoxy groups -OCH3 is 1. The summed E-state index contributed by atoms with van der Waals surface area (Å²) in [6.45, 7) is 12.9. The van der Waals surface area contributed by atoms with Crippen LogP contribution in [0.2, 0.25) is 0 Å². The monoisotopic (exact) mass is 851 g/mol. The van der Waals surface area contributed by atoms with Crippen LogP contribution in [0.5, 0.6) is 11.5 Å². The van der Waals surface area contributed by atoms with Crippen molar-refractivity contribution in [2.24, 2.45) is 5.41 Å². The molecule has 2 amide bonds. The van der Waals surface area contributed by atoms with Gasteiger partial charge < -0.3 is 24.2 Å². The SMILES string of the molecule is COc1ccc(-c2cnc(N3CCC(N(C(=O)OC(C)(C)C)C(c4ccc(/C=C/C(=O)NOC5CCCCO5)cc4)C(C)(C)C)CC3)c(F)c2-c2ccc(C#N)c(F)c2)cc1O. The van der Waals surface area contributed by atoms with Gasteiger partial charge in [-0.2, -0.15) is 5.26 Å². The molecule has 2 fully saturated rings. The van der Waals surface area contributed by atoms with Crippen LogP contribution in [0.1, 0.15) is 96.4 Å². The van der Waals surface area contributed by atoms with E-state index in [1.807, 2.05) is 54.8 Å². The number of hydrogen-bond donors (Lipinski definition) is 2. The number of hydroxylamine groups is 1. The smallest absolute Gasteiger partial charge is 0.411 e. The minimum Gasteiger partial charge on any atom is -0.504 e. The summed E-state index contributed by atoms with van der Waals surface area (Å²) in [5.41, 5.74) is 3.62. The Hall–Kier alpha value is -6.04. The second-order valence-electron chi connectivity index (χ2n) is 17.6. The third-order valence-corrected chi connectivity index (χ3v) is 10.8. The quantitative estimate of drug-likeness (QED) is 0.110. The third-order valence-electron chi connectivity index (χ3n) is 10.8. The number of benzene rings is 3. The van der Waals surface area contributed by atoms with Crippen molar-refractivity contribution in [3.63, 3.8) is 0 Å². The number of carbonyl (C=O) groups excluding carboxylic acids is 2. The lowest BCUT2D eigenvalue weighted by Crippen LogP contribution is -2.53. The molecule has 0 saturated carbocycles. The predicted octanol–water partition coefficient (Wildman–Crippen LogP) is 9.86. The van der Waals surface area contributed by atoms with E-state index < -0.39 is 47.0 Å². The van der Waals surface area contributed by atoms with Crippen molar-refractivity contribution in [1.29, 1.82) is 5.26 Å². The molecule has 6 rings (SSSR count). The summed E-state index contributed by atoms with van der Waals surface area (Å²) in [7, 11) is 1.42. The van der Waals surface area contributed by atoms with Crippen LogP contribution in [0.25, 0.3) is 28.3 Å². The van der Waals surface area contributed by atoms with Crippen LogP contribution >= 0.6 is 0 Å². The van der Waals surface area contributed by atoms with Gasteiger partial charge in [0.1, 0.15) is 17.5 Å². The molecule has 2 aliphatic heterocycles. The fraction of sp³-hybridized carbons (Fsp3) is 0.417. The van der Waals surface area contributed by atoms with E-state index in [9.17, 15) is 20.0 Å². The molecule has 12 nitrogen and oxygen atoms in total. The zero-order valence-electron chi connectivity index (χ0n) is 36.3. The Morgan fingerprint density at radius 3 is 2.31 bits per heavy atom. The Morgan fingerprint density at radius 1 is 1.00 bits per heavy atom. The lowest BCUT2D eigenvalue weighted by atomic mass is 9.80. The second kappa shape index (κ2) is 19.3. The lowest BCUT2D eigenvalue weighted by Gasteiger charge is -2.47. The molecular formula is C48H55F2N5O7. The predicted molar refractivity (Wildman–Crippen MR) is 232 cm³/mol. The molecule has 2 aliphatic rings. The van der Waals surface area contributed by atoms with E-state index in [2.05, 4.69) is 31.2 Å². The summed E-state index contributed by atoms with van der Waals surface area (Å²) in [6, 6.07) is 17.3. The molecule has 2 saturated heterocycles. The molecule has 1 aromatic heterocycles. The highest BCUT2D eigenvalue weighted by atomic mass is 19.1. The first-order valence-corrected chi connectivity index (χ1v) is 20.8. The van der Waals surface area contributed by atoms with Crippen LogP contribution in [0.15, 0.2) is 72.9 Å². The van der Waals surface area contributed by atoms with Gasteiger partial charge in [0.2, 0.25) is 0 Å². The van der Waals surface area contributed by atoms with Gasteiger partial charge in [-0.25, -0.2) is 28.9 Å². The summed E-state index contributed by atoms with van der Waals surface area (Å²) in [5, 5.41) is 20.0. The number of anilines is 1. The number of nitriles is 1. The number of pyridine rings is 1. The number of nitrogens with zero attached hydrogens (tertiary/aromatic N) is 4. The molecular weight excluding hydrogens is 797 g/mol. The van der Waals surface area contributed by atoms with Gasteiger partial charge in [0.15, 0.2) is 29.4 Å². The fourth-order valence-electron chi connectivity index (χ4n) is 7.95. The highest BCUT2D eigenvalue weighted by molar-refractivity contribution is 5.91. The average Bonchev–Trinajstić information content (AvgIpc) is 3.23. The summed E-state index contributed by atoms with van der Waals surface area (Å²) >= 11 is 0. The van der Waals surface area contributed by atoms with Crippen LogP contribution in [-0.4, -0.2) is 71.7 Å². The normalized spacial score (nSPS) is 16.7. The van der Waals surface area contributed by atoms with Gasteiger partial charge in [0.25, 0.3) is 5.91 Å². The van der Waals surface area contributed by atoms with Gasteiger partial charge in [-0.3, -0.25) is 9.69 Å². The highest BCUT2D eigenvalue weighted by Crippen LogP contribution is 2.44. The maximum atomic E-state index is 17.1. The number of carbonyl (C=O) groups is 2. The van der Waals surface area contributed by atoms with Crippen molar-refractivity contribution in [2.75, 3.05) is 31.7 Å². The average molecular weight is 852 g/mol. The minimum atomic E-state index is -0.799. The Bertz CT molecular complexity index is 2300. The Morgan fingerprint density at radius 2 is 1.71 bits per heavy atom.